The van der Waals surface area contributed by atoms with E-state index in [2.05, 4.69) is 5.32 Å². The van der Waals surface area contributed by atoms with Crippen molar-refractivity contribution in [3.8, 4) is 6.07 Å². The van der Waals surface area contributed by atoms with Crippen LogP contribution in [0.1, 0.15) is 11.3 Å². The number of benzene rings is 1. The lowest BCUT2D eigenvalue weighted by atomic mass is 10.2. The Bertz CT molecular complexity index is 687. The van der Waals surface area contributed by atoms with Gasteiger partial charge in [-0.15, -0.1) is 0 Å². The molecule has 0 aliphatic heterocycles. The number of nitrogens with zero attached hydrogens (tertiary/aromatic N) is 2. The van der Waals surface area contributed by atoms with Crippen LogP contribution in [0.25, 0.3) is 6.08 Å². The number of hydrogen-bond acceptors (Lipinski definition) is 2. The Hall–Kier alpha value is -2.80. The molecular weight excluding hydrogens is 250 g/mol. The Balaban J connectivity index is 2.18. The molecule has 2 aromatic rings. The Labute approximate surface area is 118 Å². The zero-order valence-corrected chi connectivity index (χ0v) is 11.4. The lowest BCUT2D eigenvalue weighted by molar-refractivity contribution is -0.112. The predicted molar refractivity (Wildman–Crippen MR) is 78.8 cm³/mol. The summed E-state index contributed by atoms with van der Waals surface area (Å²) in [6.45, 7) is 1.97. The van der Waals surface area contributed by atoms with E-state index in [1.54, 1.807) is 6.08 Å². The second-order valence-electron chi connectivity index (χ2n) is 4.53. The molecular formula is C16H15N3O. The van der Waals surface area contributed by atoms with E-state index in [4.69, 9.17) is 5.26 Å². The smallest absolute Gasteiger partial charge is 0.266 e. The molecule has 0 unspecified atom stereocenters. The molecule has 1 aromatic heterocycles. The number of nitriles is 1. The minimum atomic E-state index is -0.405. The number of amides is 1. The van der Waals surface area contributed by atoms with Gasteiger partial charge in [-0.2, -0.15) is 5.26 Å². The molecule has 1 N–H and O–H groups in total. The van der Waals surface area contributed by atoms with Crippen molar-refractivity contribution in [1.82, 2.24) is 4.57 Å². The van der Waals surface area contributed by atoms with E-state index in [-0.39, 0.29) is 5.57 Å². The third-order valence-electron chi connectivity index (χ3n) is 2.95. The highest BCUT2D eigenvalue weighted by molar-refractivity contribution is 6.09. The second-order valence-corrected chi connectivity index (χ2v) is 4.53. The summed E-state index contributed by atoms with van der Waals surface area (Å²) in [5.74, 6) is -0.405. The van der Waals surface area contributed by atoms with Crippen molar-refractivity contribution >= 4 is 17.7 Å². The molecule has 0 saturated carbocycles. The monoisotopic (exact) mass is 265 g/mol. The van der Waals surface area contributed by atoms with Crippen molar-refractivity contribution in [3.05, 3.63) is 59.4 Å². The van der Waals surface area contributed by atoms with Crippen molar-refractivity contribution in [2.75, 3.05) is 5.32 Å². The molecule has 0 bridgehead atoms. The van der Waals surface area contributed by atoms with Gasteiger partial charge in [-0.05, 0) is 37.3 Å². The van der Waals surface area contributed by atoms with Gasteiger partial charge in [0.1, 0.15) is 11.6 Å². The number of aromatic nitrogens is 1. The highest BCUT2D eigenvalue weighted by Gasteiger charge is 2.10. The fourth-order valence-corrected chi connectivity index (χ4v) is 1.76. The van der Waals surface area contributed by atoms with Gasteiger partial charge < -0.3 is 9.88 Å². The normalized spacial score (nSPS) is 10.9. The highest BCUT2D eigenvalue weighted by Crippen LogP contribution is 2.12. The van der Waals surface area contributed by atoms with Crippen molar-refractivity contribution in [2.45, 2.75) is 6.92 Å². The molecule has 0 aliphatic carbocycles. The molecule has 0 atom stereocenters. The van der Waals surface area contributed by atoms with Crippen molar-refractivity contribution < 1.29 is 4.79 Å². The summed E-state index contributed by atoms with van der Waals surface area (Å²) in [6.07, 6.45) is 3.43. The zero-order valence-electron chi connectivity index (χ0n) is 11.4. The summed E-state index contributed by atoms with van der Waals surface area (Å²) in [7, 11) is 1.86. The molecule has 20 heavy (non-hydrogen) atoms. The van der Waals surface area contributed by atoms with Crippen LogP contribution in [0.5, 0.6) is 0 Å². The minimum absolute atomic E-state index is 0.0763. The molecule has 1 amide bonds. The molecule has 0 saturated heterocycles. The number of carbonyl (C=O) groups is 1. The van der Waals surface area contributed by atoms with E-state index >= 15 is 0 Å². The Morgan fingerprint density at radius 3 is 2.55 bits per heavy atom. The van der Waals surface area contributed by atoms with Gasteiger partial charge in [0.15, 0.2) is 0 Å². The fraction of sp³-hybridized carbons (Fsp3) is 0.125. The van der Waals surface area contributed by atoms with Crippen LogP contribution in [-0.4, -0.2) is 10.5 Å². The van der Waals surface area contributed by atoms with Gasteiger partial charge in [0.2, 0.25) is 0 Å². The maximum atomic E-state index is 12.1. The van der Waals surface area contributed by atoms with Crippen LogP contribution >= 0.6 is 0 Å². The van der Waals surface area contributed by atoms with E-state index in [1.807, 2.05) is 67.2 Å². The topological polar surface area (TPSA) is 57.8 Å². The van der Waals surface area contributed by atoms with Crippen molar-refractivity contribution in [3.63, 3.8) is 0 Å². The van der Waals surface area contributed by atoms with Gasteiger partial charge in [-0.3, -0.25) is 4.79 Å². The average Bonchev–Trinajstić information content (AvgIpc) is 2.84. The maximum absolute atomic E-state index is 12.1. The molecule has 1 aromatic carbocycles. The Morgan fingerprint density at radius 2 is 2.00 bits per heavy atom. The summed E-state index contributed by atoms with van der Waals surface area (Å²) in [4.78, 5) is 12.1. The first-order valence-corrected chi connectivity index (χ1v) is 6.21. The zero-order chi connectivity index (χ0) is 14.5. The number of aryl methyl sites for hydroxylation is 2. The van der Waals surface area contributed by atoms with E-state index < -0.39 is 5.91 Å². The van der Waals surface area contributed by atoms with E-state index in [9.17, 15) is 4.79 Å². The van der Waals surface area contributed by atoms with Gasteiger partial charge in [0, 0.05) is 24.6 Å². The van der Waals surface area contributed by atoms with Gasteiger partial charge >= 0.3 is 0 Å². The number of hydrogen-bond donors (Lipinski definition) is 1. The number of nitrogens with one attached hydrogen (secondary N) is 1. The van der Waals surface area contributed by atoms with Crippen LogP contribution in [0.4, 0.5) is 5.69 Å². The standard InChI is InChI=1S/C16H15N3O/c1-12-5-7-14(8-6-12)18-16(20)13(11-17)10-15-4-3-9-19(15)2/h3-10H,1-2H3,(H,18,20)/b13-10-. The second kappa shape index (κ2) is 5.89. The summed E-state index contributed by atoms with van der Waals surface area (Å²) < 4.78 is 1.84. The van der Waals surface area contributed by atoms with Crippen molar-refractivity contribution in [1.29, 1.82) is 5.26 Å². The quantitative estimate of drug-likeness (QED) is 0.685. The van der Waals surface area contributed by atoms with Crippen LogP contribution in [0.2, 0.25) is 0 Å². The lowest BCUT2D eigenvalue weighted by Crippen LogP contribution is -2.13. The third kappa shape index (κ3) is 3.15. The highest BCUT2D eigenvalue weighted by atomic mass is 16.1. The van der Waals surface area contributed by atoms with Gasteiger partial charge in [-0.25, -0.2) is 0 Å². The molecule has 0 fully saturated rings. The first kappa shape index (κ1) is 13.6. The van der Waals surface area contributed by atoms with Crippen LogP contribution < -0.4 is 5.32 Å². The first-order chi connectivity index (χ1) is 9.60. The van der Waals surface area contributed by atoms with Crippen LogP contribution in [-0.2, 0) is 11.8 Å². The van der Waals surface area contributed by atoms with Crippen molar-refractivity contribution in [2.24, 2.45) is 7.05 Å². The molecule has 100 valence electrons. The summed E-state index contributed by atoms with van der Waals surface area (Å²) in [5.41, 5.74) is 2.67. The first-order valence-electron chi connectivity index (χ1n) is 6.21. The maximum Gasteiger partial charge on any atom is 0.266 e. The Kier molecular flexibility index (Phi) is 4.02. The third-order valence-corrected chi connectivity index (χ3v) is 2.95. The minimum Gasteiger partial charge on any atom is -0.351 e. The van der Waals surface area contributed by atoms with Crippen LogP contribution in [0.15, 0.2) is 48.2 Å². The summed E-state index contributed by atoms with van der Waals surface area (Å²) in [5, 5.41) is 11.8. The predicted octanol–water partition coefficient (Wildman–Crippen LogP) is 2.88. The van der Waals surface area contributed by atoms with Gasteiger partial charge in [0.25, 0.3) is 5.91 Å². The van der Waals surface area contributed by atoms with Gasteiger partial charge in [-0.1, -0.05) is 17.7 Å². The average molecular weight is 265 g/mol. The molecule has 2 rings (SSSR count). The van der Waals surface area contributed by atoms with E-state index in [1.165, 1.54) is 0 Å². The van der Waals surface area contributed by atoms with Crippen LogP contribution in [0, 0.1) is 18.3 Å². The SMILES string of the molecule is Cc1ccc(NC(=O)/C(C#N)=C\c2cccn2C)cc1. The number of rotatable bonds is 3. The molecule has 0 radical (unpaired) electrons. The largest absolute Gasteiger partial charge is 0.351 e. The summed E-state index contributed by atoms with van der Waals surface area (Å²) >= 11 is 0. The van der Waals surface area contributed by atoms with E-state index in [0.717, 1.165) is 11.3 Å². The molecule has 0 aliphatic rings. The number of carbonyl (C=O) groups excluding carboxylic acids is 1. The lowest BCUT2D eigenvalue weighted by Gasteiger charge is -2.05. The molecule has 1 heterocycles. The van der Waals surface area contributed by atoms with Crippen LogP contribution in [0.3, 0.4) is 0 Å². The molecule has 0 spiro atoms. The fourth-order valence-electron chi connectivity index (χ4n) is 1.76. The van der Waals surface area contributed by atoms with E-state index in [0.29, 0.717) is 5.69 Å². The molecule has 4 heteroatoms. The summed E-state index contributed by atoms with van der Waals surface area (Å²) in [6, 6.07) is 13.1. The van der Waals surface area contributed by atoms with Gasteiger partial charge in [0.05, 0.1) is 0 Å². The molecule has 4 nitrogen and oxygen atoms in total. The Morgan fingerprint density at radius 1 is 1.30 bits per heavy atom. The number of anilines is 1.